The molecule has 1 aromatic carbocycles. The number of aliphatic hydroxyl groups is 1. The molecule has 0 saturated carbocycles. The Morgan fingerprint density at radius 2 is 2.11 bits per heavy atom. The maximum Gasteiger partial charge on any atom is 0.335 e. The van der Waals surface area contributed by atoms with Crippen molar-refractivity contribution in [3.63, 3.8) is 0 Å². The predicted octanol–water partition coefficient (Wildman–Crippen LogP) is 1.60. The highest BCUT2D eigenvalue weighted by Crippen LogP contribution is 2.64. The van der Waals surface area contributed by atoms with Crippen LogP contribution < -0.4 is 5.32 Å². The highest BCUT2D eigenvalue weighted by molar-refractivity contribution is 5.97. The Morgan fingerprint density at radius 3 is 2.89 bits per heavy atom. The first kappa shape index (κ1) is 17.0. The molecule has 0 unspecified atom stereocenters. The highest BCUT2D eigenvalue weighted by atomic mass is 16.5. The number of aliphatic hydroxyl groups excluding tert-OH is 1. The van der Waals surface area contributed by atoms with Gasteiger partial charge in [-0.1, -0.05) is 18.2 Å². The summed E-state index contributed by atoms with van der Waals surface area (Å²) in [6, 6.07) is 8.12. The second-order valence-corrected chi connectivity index (χ2v) is 8.19. The Morgan fingerprint density at radius 1 is 1.30 bits per heavy atom. The minimum atomic E-state index is -0.740. The van der Waals surface area contributed by atoms with Gasteiger partial charge in [0.05, 0.1) is 23.5 Å². The summed E-state index contributed by atoms with van der Waals surface area (Å²) in [5.74, 6) is -0.527. The van der Waals surface area contributed by atoms with Crippen LogP contribution in [0.25, 0.3) is 0 Å². The van der Waals surface area contributed by atoms with Gasteiger partial charge in [-0.15, -0.1) is 0 Å². The molecular formula is C21H24N2O4. The summed E-state index contributed by atoms with van der Waals surface area (Å²) in [6.45, 7) is 1.36. The normalized spacial score (nSPS) is 33.8. The molecule has 1 aliphatic carbocycles. The van der Waals surface area contributed by atoms with Crippen molar-refractivity contribution in [2.45, 2.75) is 37.1 Å². The number of nitrogens with zero attached hydrogens (tertiary/aromatic N) is 1. The molecule has 0 radical (unpaired) electrons. The molecule has 2 N–H and O–H groups in total. The van der Waals surface area contributed by atoms with E-state index in [-0.39, 0.29) is 17.8 Å². The van der Waals surface area contributed by atoms with Crippen LogP contribution in [0.3, 0.4) is 0 Å². The zero-order chi connectivity index (χ0) is 18.8. The maximum atomic E-state index is 13.1. The smallest absolute Gasteiger partial charge is 0.335 e. The van der Waals surface area contributed by atoms with Gasteiger partial charge >= 0.3 is 5.97 Å². The van der Waals surface area contributed by atoms with Crippen LogP contribution in [0.4, 0.5) is 5.69 Å². The summed E-state index contributed by atoms with van der Waals surface area (Å²) in [5, 5.41) is 13.3. The van der Waals surface area contributed by atoms with E-state index >= 15 is 0 Å². The second-order valence-electron chi connectivity index (χ2n) is 8.19. The van der Waals surface area contributed by atoms with Gasteiger partial charge in [0.15, 0.2) is 5.78 Å². The molecule has 3 aliphatic heterocycles. The first-order chi connectivity index (χ1) is 13.1. The van der Waals surface area contributed by atoms with Crippen LogP contribution in [0.15, 0.2) is 35.5 Å². The van der Waals surface area contributed by atoms with E-state index in [1.54, 1.807) is 0 Å². The lowest BCUT2D eigenvalue weighted by Crippen LogP contribution is -2.63. The largest absolute Gasteiger partial charge is 0.466 e. The number of ketones is 1. The zero-order valence-electron chi connectivity index (χ0n) is 15.5. The van der Waals surface area contributed by atoms with Crippen LogP contribution in [0.2, 0.25) is 0 Å². The molecule has 2 fully saturated rings. The minimum absolute atomic E-state index is 0.0297. The first-order valence-electron chi connectivity index (χ1n) is 9.65. The number of nitrogens with one attached hydrogen (secondary N) is 1. The monoisotopic (exact) mass is 368 g/mol. The molecule has 4 aliphatic rings. The number of piperidine rings is 1. The molecule has 3 heterocycles. The molecule has 2 saturated heterocycles. The number of esters is 1. The Balaban J connectivity index is 1.82. The van der Waals surface area contributed by atoms with Gasteiger partial charge in [-0.05, 0) is 50.4 Å². The molecule has 6 heteroatoms. The van der Waals surface area contributed by atoms with E-state index < -0.39 is 17.4 Å². The van der Waals surface area contributed by atoms with Gasteiger partial charge < -0.3 is 15.2 Å². The lowest BCUT2D eigenvalue weighted by molar-refractivity contribution is -0.143. The average molecular weight is 368 g/mol. The Labute approximate surface area is 158 Å². The standard InChI is InChI=1S/C21H24N2O4/c1-27-18(26)13-11-20(16(25)12-24)7-4-9-23-10-8-21(19(20)23)14-5-2-3-6-15(14)22-17(13)21/h2-3,5-6,19,22,24H,4,7-12H2,1H3/t19-,20-,21-/m0/s1. The SMILES string of the molecule is COC(=O)C1=C2Nc3ccccc3[C@@]23CCN2CCC[C@@](C(=O)CO)(C1)[C@H]23. The van der Waals surface area contributed by atoms with E-state index in [4.69, 9.17) is 4.74 Å². The summed E-state index contributed by atoms with van der Waals surface area (Å²) >= 11 is 0. The van der Waals surface area contributed by atoms with E-state index in [0.29, 0.717) is 18.4 Å². The van der Waals surface area contributed by atoms with Crippen LogP contribution in [0.1, 0.15) is 31.2 Å². The fraction of sp³-hybridized carbons (Fsp3) is 0.524. The number of carbonyl (C=O) groups excluding carboxylic acids is 2. The lowest BCUT2D eigenvalue weighted by Gasteiger charge is -2.54. The van der Waals surface area contributed by atoms with Gasteiger partial charge in [0, 0.05) is 17.4 Å². The number of methoxy groups -OCH3 is 1. The molecule has 0 amide bonds. The second kappa shape index (κ2) is 5.66. The summed E-state index contributed by atoms with van der Waals surface area (Å²) in [7, 11) is 1.39. The van der Waals surface area contributed by atoms with Gasteiger partial charge in [0.2, 0.25) is 0 Å². The number of hydrogen-bond acceptors (Lipinski definition) is 6. The number of fused-ring (bicyclic) bond motifs is 1. The number of anilines is 1. The van der Waals surface area contributed by atoms with Gasteiger partial charge in [-0.3, -0.25) is 9.69 Å². The van der Waals surface area contributed by atoms with Gasteiger partial charge in [-0.25, -0.2) is 4.79 Å². The number of ether oxygens (including phenoxy) is 1. The zero-order valence-corrected chi connectivity index (χ0v) is 15.5. The molecule has 6 nitrogen and oxygen atoms in total. The van der Waals surface area contributed by atoms with E-state index in [2.05, 4.69) is 16.3 Å². The van der Waals surface area contributed by atoms with Gasteiger partial charge in [-0.2, -0.15) is 0 Å². The van der Waals surface area contributed by atoms with E-state index in [0.717, 1.165) is 42.9 Å². The quantitative estimate of drug-likeness (QED) is 0.789. The van der Waals surface area contributed by atoms with Crippen molar-refractivity contribution < 1.29 is 19.4 Å². The number of rotatable bonds is 3. The third-order valence-corrected chi connectivity index (χ3v) is 7.26. The molecule has 0 bridgehead atoms. The van der Waals surface area contributed by atoms with Crippen molar-refractivity contribution in [3.05, 3.63) is 41.1 Å². The number of benzene rings is 1. The van der Waals surface area contributed by atoms with Crippen molar-refractivity contribution in [2.75, 3.05) is 32.1 Å². The van der Waals surface area contributed by atoms with Crippen LogP contribution in [-0.2, 0) is 19.7 Å². The van der Waals surface area contributed by atoms with Gasteiger partial charge in [0.1, 0.15) is 6.61 Å². The van der Waals surface area contributed by atoms with Crippen LogP contribution in [-0.4, -0.2) is 54.6 Å². The van der Waals surface area contributed by atoms with Crippen molar-refractivity contribution in [2.24, 2.45) is 5.41 Å². The van der Waals surface area contributed by atoms with Crippen molar-refractivity contribution in [1.82, 2.24) is 4.90 Å². The predicted molar refractivity (Wildman–Crippen MR) is 99.1 cm³/mol. The maximum absolute atomic E-state index is 13.1. The van der Waals surface area contributed by atoms with E-state index in [1.165, 1.54) is 7.11 Å². The Hall–Kier alpha value is -2.18. The number of para-hydroxylation sites is 1. The van der Waals surface area contributed by atoms with Crippen LogP contribution in [0, 0.1) is 5.41 Å². The molecule has 3 atom stereocenters. The topological polar surface area (TPSA) is 78.9 Å². The van der Waals surface area contributed by atoms with Crippen LogP contribution >= 0.6 is 0 Å². The average Bonchev–Trinajstić information content (AvgIpc) is 3.27. The molecule has 142 valence electrons. The Kier molecular flexibility index (Phi) is 3.55. The third-order valence-electron chi connectivity index (χ3n) is 7.26. The summed E-state index contributed by atoms with van der Waals surface area (Å²) in [5.41, 5.74) is 2.49. The first-order valence-corrected chi connectivity index (χ1v) is 9.65. The number of Topliss-reactive ketones (excluding diaryl/α,β-unsaturated/α-hetero) is 1. The summed E-state index contributed by atoms with van der Waals surface area (Å²) in [4.78, 5) is 28.3. The molecule has 1 spiro atoms. The highest BCUT2D eigenvalue weighted by Gasteiger charge is 2.68. The van der Waals surface area contributed by atoms with Crippen molar-refractivity contribution >= 4 is 17.4 Å². The van der Waals surface area contributed by atoms with Gasteiger partial charge in [0.25, 0.3) is 0 Å². The van der Waals surface area contributed by atoms with Crippen LogP contribution in [0.5, 0.6) is 0 Å². The minimum Gasteiger partial charge on any atom is -0.466 e. The Bertz CT molecular complexity index is 879. The third kappa shape index (κ3) is 1.92. The molecule has 1 aromatic rings. The number of carbonyl (C=O) groups is 2. The molecule has 0 aromatic heterocycles. The molecular weight excluding hydrogens is 344 g/mol. The molecule has 5 rings (SSSR count). The van der Waals surface area contributed by atoms with Crippen molar-refractivity contribution in [3.8, 4) is 0 Å². The fourth-order valence-corrected chi connectivity index (χ4v) is 6.38. The van der Waals surface area contributed by atoms with E-state index in [1.807, 2.05) is 18.2 Å². The summed E-state index contributed by atoms with van der Waals surface area (Å²) in [6.07, 6.45) is 2.79. The van der Waals surface area contributed by atoms with Crippen molar-refractivity contribution in [1.29, 1.82) is 0 Å². The lowest BCUT2D eigenvalue weighted by atomic mass is 9.53. The number of hydrogen-bond donors (Lipinski definition) is 2. The fourth-order valence-electron chi connectivity index (χ4n) is 6.38. The molecule has 27 heavy (non-hydrogen) atoms. The van der Waals surface area contributed by atoms with E-state index in [9.17, 15) is 14.7 Å². The summed E-state index contributed by atoms with van der Waals surface area (Å²) < 4.78 is 5.11.